The van der Waals surface area contributed by atoms with E-state index in [4.69, 9.17) is 0 Å². The molecular formula is C14H24N2O. The number of hydrogen-bond acceptors (Lipinski definition) is 2. The number of amides is 1. The third kappa shape index (κ3) is 2.10. The summed E-state index contributed by atoms with van der Waals surface area (Å²) < 4.78 is 0. The molecule has 1 aliphatic carbocycles. The second-order valence-electron chi connectivity index (χ2n) is 6.11. The Balaban J connectivity index is 1.86. The molecule has 0 radical (unpaired) electrons. The van der Waals surface area contributed by atoms with E-state index >= 15 is 0 Å². The largest absolute Gasteiger partial charge is 0.354 e. The minimum Gasteiger partial charge on any atom is -0.354 e. The summed E-state index contributed by atoms with van der Waals surface area (Å²) in [5.74, 6) is 0.281. The van der Waals surface area contributed by atoms with Crippen molar-refractivity contribution in [1.29, 1.82) is 0 Å². The lowest BCUT2D eigenvalue weighted by atomic mass is 9.87. The maximum Gasteiger partial charge on any atom is 0.221 e. The molecule has 17 heavy (non-hydrogen) atoms. The SMILES string of the molecule is O=C1CC2CCCN2C2(CCCCCC2)CN1. The molecule has 0 aromatic carbocycles. The molecule has 0 aromatic heterocycles. The van der Waals surface area contributed by atoms with Gasteiger partial charge in [0.25, 0.3) is 0 Å². The first-order chi connectivity index (χ1) is 8.30. The minimum atomic E-state index is 0.281. The summed E-state index contributed by atoms with van der Waals surface area (Å²) in [6.45, 7) is 2.13. The molecule has 3 heteroatoms. The zero-order valence-electron chi connectivity index (χ0n) is 10.7. The number of hydrogen-bond donors (Lipinski definition) is 1. The van der Waals surface area contributed by atoms with Crippen LogP contribution < -0.4 is 5.32 Å². The summed E-state index contributed by atoms with van der Waals surface area (Å²) in [4.78, 5) is 14.5. The number of nitrogens with one attached hydrogen (secondary N) is 1. The Bertz CT molecular complexity index is 295. The van der Waals surface area contributed by atoms with E-state index in [-0.39, 0.29) is 5.91 Å². The van der Waals surface area contributed by atoms with Crippen molar-refractivity contribution in [2.75, 3.05) is 13.1 Å². The topological polar surface area (TPSA) is 32.3 Å². The second kappa shape index (κ2) is 4.60. The molecule has 1 amide bonds. The molecule has 0 aromatic rings. The summed E-state index contributed by atoms with van der Waals surface area (Å²) in [6, 6.07) is 0.538. The van der Waals surface area contributed by atoms with Crippen LogP contribution in [0, 0.1) is 0 Å². The average Bonchev–Trinajstić information content (AvgIpc) is 2.60. The van der Waals surface area contributed by atoms with Gasteiger partial charge in [0.05, 0.1) is 0 Å². The molecule has 1 spiro atoms. The van der Waals surface area contributed by atoms with Crippen molar-refractivity contribution in [2.24, 2.45) is 0 Å². The first-order valence-corrected chi connectivity index (χ1v) is 7.34. The van der Waals surface area contributed by atoms with E-state index in [1.165, 1.54) is 57.9 Å². The van der Waals surface area contributed by atoms with E-state index < -0.39 is 0 Å². The maximum absolute atomic E-state index is 11.8. The summed E-state index contributed by atoms with van der Waals surface area (Å²) in [5, 5.41) is 3.18. The molecular weight excluding hydrogens is 212 g/mol. The molecule has 2 aliphatic heterocycles. The van der Waals surface area contributed by atoms with Crippen molar-refractivity contribution in [2.45, 2.75) is 69.4 Å². The molecule has 1 unspecified atom stereocenters. The van der Waals surface area contributed by atoms with Gasteiger partial charge in [0.2, 0.25) is 5.91 Å². The van der Waals surface area contributed by atoms with Crippen LogP contribution >= 0.6 is 0 Å². The molecule has 3 nitrogen and oxygen atoms in total. The molecule has 2 saturated heterocycles. The highest BCUT2D eigenvalue weighted by Gasteiger charge is 2.45. The lowest BCUT2D eigenvalue weighted by molar-refractivity contribution is -0.121. The lowest BCUT2D eigenvalue weighted by Gasteiger charge is -2.43. The van der Waals surface area contributed by atoms with Crippen LogP contribution in [0.4, 0.5) is 0 Å². The summed E-state index contributed by atoms with van der Waals surface area (Å²) in [6.07, 6.45) is 11.3. The summed E-state index contributed by atoms with van der Waals surface area (Å²) >= 11 is 0. The number of carbonyl (C=O) groups is 1. The van der Waals surface area contributed by atoms with Gasteiger partial charge < -0.3 is 5.32 Å². The van der Waals surface area contributed by atoms with Crippen molar-refractivity contribution >= 4 is 5.91 Å². The molecule has 1 N–H and O–H groups in total. The zero-order valence-corrected chi connectivity index (χ0v) is 10.7. The number of fused-ring (bicyclic) bond motifs is 2. The molecule has 1 saturated carbocycles. The third-order valence-corrected chi connectivity index (χ3v) is 5.06. The van der Waals surface area contributed by atoms with Gasteiger partial charge in [-0.3, -0.25) is 9.69 Å². The Morgan fingerprint density at radius 1 is 1.12 bits per heavy atom. The molecule has 1 atom stereocenters. The van der Waals surface area contributed by atoms with Crippen LogP contribution in [0.5, 0.6) is 0 Å². The molecule has 0 bridgehead atoms. The monoisotopic (exact) mass is 236 g/mol. The molecule has 3 rings (SSSR count). The Hall–Kier alpha value is -0.570. The Morgan fingerprint density at radius 2 is 1.88 bits per heavy atom. The van der Waals surface area contributed by atoms with Crippen molar-refractivity contribution in [1.82, 2.24) is 10.2 Å². The van der Waals surface area contributed by atoms with E-state index in [9.17, 15) is 4.79 Å². The van der Waals surface area contributed by atoms with E-state index in [1.807, 2.05) is 0 Å². The Morgan fingerprint density at radius 3 is 2.65 bits per heavy atom. The number of nitrogens with zero attached hydrogens (tertiary/aromatic N) is 1. The van der Waals surface area contributed by atoms with Crippen LogP contribution in [0.25, 0.3) is 0 Å². The van der Waals surface area contributed by atoms with E-state index in [1.54, 1.807) is 0 Å². The summed E-state index contributed by atoms with van der Waals surface area (Å²) in [7, 11) is 0. The molecule has 96 valence electrons. The van der Waals surface area contributed by atoms with Crippen LogP contribution in [0.1, 0.15) is 57.8 Å². The van der Waals surface area contributed by atoms with Crippen LogP contribution in [0.3, 0.4) is 0 Å². The van der Waals surface area contributed by atoms with Gasteiger partial charge in [-0.15, -0.1) is 0 Å². The van der Waals surface area contributed by atoms with Crippen molar-refractivity contribution in [3.05, 3.63) is 0 Å². The first kappa shape index (κ1) is 11.5. The van der Waals surface area contributed by atoms with Crippen LogP contribution in [0.2, 0.25) is 0 Å². The van der Waals surface area contributed by atoms with Gasteiger partial charge >= 0.3 is 0 Å². The van der Waals surface area contributed by atoms with Gasteiger partial charge in [0, 0.05) is 24.5 Å². The molecule has 3 aliphatic rings. The summed E-state index contributed by atoms with van der Waals surface area (Å²) in [5.41, 5.74) is 0.309. The van der Waals surface area contributed by atoms with Gasteiger partial charge in [-0.2, -0.15) is 0 Å². The Kier molecular flexibility index (Phi) is 3.12. The third-order valence-electron chi connectivity index (χ3n) is 5.06. The number of rotatable bonds is 0. The zero-order chi connectivity index (χ0) is 11.7. The van der Waals surface area contributed by atoms with Crippen molar-refractivity contribution in [3.63, 3.8) is 0 Å². The van der Waals surface area contributed by atoms with Crippen molar-refractivity contribution < 1.29 is 4.79 Å². The quantitative estimate of drug-likeness (QED) is 0.698. The highest BCUT2D eigenvalue weighted by molar-refractivity contribution is 5.77. The standard InChI is InChI=1S/C14H24N2O/c17-13-10-12-6-5-9-16(12)14(11-15-13)7-3-1-2-4-8-14/h12H,1-11H2,(H,15,17). The van der Waals surface area contributed by atoms with Gasteiger partial charge in [-0.1, -0.05) is 25.7 Å². The van der Waals surface area contributed by atoms with Crippen LogP contribution in [-0.2, 0) is 4.79 Å². The highest BCUT2D eigenvalue weighted by atomic mass is 16.1. The van der Waals surface area contributed by atoms with Crippen LogP contribution in [0.15, 0.2) is 0 Å². The maximum atomic E-state index is 11.8. The average molecular weight is 236 g/mol. The van der Waals surface area contributed by atoms with Gasteiger partial charge in [-0.25, -0.2) is 0 Å². The van der Waals surface area contributed by atoms with Gasteiger partial charge in [0.15, 0.2) is 0 Å². The van der Waals surface area contributed by atoms with E-state index in [0.717, 1.165) is 13.0 Å². The van der Waals surface area contributed by atoms with Crippen molar-refractivity contribution in [3.8, 4) is 0 Å². The number of carbonyl (C=O) groups excluding carboxylic acids is 1. The predicted octanol–water partition coefficient (Wildman–Crippen LogP) is 2.06. The molecule has 2 heterocycles. The van der Waals surface area contributed by atoms with Gasteiger partial charge in [0.1, 0.15) is 0 Å². The Labute approximate surface area is 104 Å². The van der Waals surface area contributed by atoms with Gasteiger partial charge in [-0.05, 0) is 32.2 Å². The molecule has 3 fully saturated rings. The fourth-order valence-electron chi connectivity index (χ4n) is 4.17. The lowest BCUT2D eigenvalue weighted by Crippen LogP contribution is -2.54. The van der Waals surface area contributed by atoms with E-state index in [2.05, 4.69) is 10.2 Å². The van der Waals surface area contributed by atoms with Crippen LogP contribution in [-0.4, -0.2) is 35.5 Å². The highest BCUT2D eigenvalue weighted by Crippen LogP contribution is 2.39. The minimum absolute atomic E-state index is 0.281. The second-order valence-corrected chi connectivity index (χ2v) is 6.11. The van der Waals surface area contributed by atoms with E-state index in [0.29, 0.717) is 11.6 Å². The fraction of sp³-hybridized carbons (Fsp3) is 0.929. The normalized spacial score (nSPS) is 33.9. The predicted molar refractivity (Wildman–Crippen MR) is 67.8 cm³/mol. The fourth-order valence-corrected chi connectivity index (χ4v) is 4.17. The smallest absolute Gasteiger partial charge is 0.221 e. The first-order valence-electron chi connectivity index (χ1n) is 7.34.